The highest BCUT2D eigenvalue weighted by Gasteiger charge is 2.32. The first-order chi connectivity index (χ1) is 16.0. The van der Waals surface area contributed by atoms with Gasteiger partial charge in [0, 0.05) is 5.56 Å². The van der Waals surface area contributed by atoms with Crippen LogP contribution < -0.4 is 19.7 Å². The monoisotopic (exact) mass is 462 g/mol. The fourth-order valence-electron chi connectivity index (χ4n) is 3.64. The van der Waals surface area contributed by atoms with Crippen molar-refractivity contribution in [3.05, 3.63) is 94.9 Å². The molecule has 1 saturated heterocycles. The summed E-state index contributed by atoms with van der Waals surface area (Å²) in [6, 6.07) is 19.1. The number of para-hydroxylation sites is 1. The number of nitrogens with zero attached hydrogens (tertiary/aromatic N) is 1. The van der Waals surface area contributed by atoms with E-state index in [9.17, 15) is 9.18 Å². The Hall–Kier alpha value is -3.71. The van der Waals surface area contributed by atoms with E-state index in [1.54, 1.807) is 25.3 Å². The maximum Gasteiger partial charge on any atom is 0.281 e. The molecule has 1 fully saturated rings. The predicted molar refractivity (Wildman–Crippen MR) is 131 cm³/mol. The van der Waals surface area contributed by atoms with Gasteiger partial charge >= 0.3 is 0 Å². The van der Waals surface area contributed by atoms with E-state index in [1.807, 2.05) is 49.4 Å². The van der Waals surface area contributed by atoms with E-state index in [0.717, 1.165) is 28.8 Å². The number of nitrogens with one attached hydrogen (secondary N) is 1. The van der Waals surface area contributed by atoms with Crippen LogP contribution in [0.5, 0.6) is 11.5 Å². The molecule has 0 atom stereocenters. The number of carbonyl (C=O) groups excluding carboxylic acids is 1. The van der Waals surface area contributed by atoms with Crippen molar-refractivity contribution in [3.8, 4) is 11.5 Å². The predicted octanol–water partition coefficient (Wildman–Crippen LogP) is 5.24. The van der Waals surface area contributed by atoms with Gasteiger partial charge in [0.15, 0.2) is 5.11 Å². The van der Waals surface area contributed by atoms with Gasteiger partial charge in [-0.3, -0.25) is 9.69 Å². The Morgan fingerprint density at radius 1 is 1.06 bits per heavy atom. The van der Waals surface area contributed by atoms with Crippen LogP contribution in [0.4, 0.5) is 10.1 Å². The lowest BCUT2D eigenvalue weighted by Gasteiger charge is -2.17. The minimum atomic E-state index is -0.323. The quantitative estimate of drug-likeness (QED) is 0.385. The van der Waals surface area contributed by atoms with Gasteiger partial charge in [-0.2, -0.15) is 0 Å². The Bertz CT molecular complexity index is 1220. The van der Waals surface area contributed by atoms with E-state index < -0.39 is 0 Å². The number of amides is 1. The molecule has 3 aromatic rings. The maximum atomic E-state index is 13.2. The molecule has 1 heterocycles. The van der Waals surface area contributed by atoms with Gasteiger partial charge in [0.25, 0.3) is 5.91 Å². The Labute approximate surface area is 197 Å². The number of ether oxygens (including phenoxy) is 2. The molecule has 1 aliphatic rings. The Morgan fingerprint density at radius 3 is 2.55 bits per heavy atom. The second-order valence-electron chi connectivity index (χ2n) is 7.42. The van der Waals surface area contributed by atoms with Gasteiger partial charge < -0.3 is 14.8 Å². The van der Waals surface area contributed by atoms with Crippen LogP contribution in [-0.2, 0) is 17.8 Å². The number of thiocarbonyl (C=S) groups is 1. The molecular formula is C26H23FN2O3S. The van der Waals surface area contributed by atoms with Crippen molar-refractivity contribution in [3.63, 3.8) is 0 Å². The Balaban J connectivity index is 1.58. The summed E-state index contributed by atoms with van der Waals surface area (Å²) in [6.07, 6.45) is 2.54. The molecule has 1 aliphatic heterocycles. The van der Waals surface area contributed by atoms with Crippen LogP contribution in [0.25, 0.3) is 6.08 Å². The average molecular weight is 463 g/mol. The number of hydrogen-bond donors (Lipinski definition) is 1. The van der Waals surface area contributed by atoms with E-state index in [4.69, 9.17) is 21.7 Å². The third-order valence-electron chi connectivity index (χ3n) is 5.32. The molecule has 0 aromatic heterocycles. The fraction of sp³-hybridized carbons (Fsp3) is 0.154. The van der Waals surface area contributed by atoms with E-state index in [1.165, 1.54) is 17.0 Å². The Morgan fingerprint density at radius 2 is 1.82 bits per heavy atom. The molecule has 0 aliphatic carbocycles. The van der Waals surface area contributed by atoms with Crippen molar-refractivity contribution in [2.45, 2.75) is 20.0 Å². The van der Waals surface area contributed by atoms with Gasteiger partial charge in [0.05, 0.1) is 12.8 Å². The lowest BCUT2D eigenvalue weighted by Crippen LogP contribution is -2.31. The topological polar surface area (TPSA) is 50.8 Å². The normalized spacial score (nSPS) is 14.5. The summed E-state index contributed by atoms with van der Waals surface area (Å²) < 4.78 is 24.3. The summed E-state index contributed by atoms with van der Waals surface area (Å²) in [6.45, 7) is 2.26. The second kappa shape index (κ2) is 9.83. The number of anilines is 1. The number of rotatable bonds is 7. The summed E-state index contributed by atoms with van der Waals surface area (Å²) in [5.41, 5.74) is 3.80. The minimum Gasteiger partial charge on any atom is -0.496 e. The van der Waals surface area contributed by atoms with Gasteiger partial charge in [0.2, 0.25) is 0 Å². The van der Waals surface area contributed by atoms with Gasteiger partial charge in [-0.25, -0.2) is 4.39 Å². The number of benzene rings is 3. The highest BCUT2D eigenvalue weighted by molar-refractivity contribution is 7.80. The van der Waals surface area contributed by atoms with Crippen molar-refractivity contribution >= 4 is 35.0 Å². The lowest BCUT2D eigenvalue weighted by atomic mass is 10.1. The van der Waals surface area contributed by atoms with Gasteiger partial charge in [-0.1, -0.05) is 31.2 Å². The summed E-state index contributed by atoms with van der Waals surface area (Å²) >= 11 is 5.46. The SMILES string of the molecule is CCc1ccccc1N1C(=O)/C(=C\c2ccc(OC)c(COc3ccc(F)cc3)c2)NC1=S. The summed E-state index contributed by atoms with van der Waals surface area (Å²) in [7, 11) is 1.58. The van der Waals surface area contributed by atoms with Crippen molar-refractivity contribution in [2.75, 3.05) is 12.0 Å². The lowest BCUT2D eigenvalue weighted by molar-refractivity contribution is -0.113. The first kappa shape index (κ1) is 22.5. The molecule has 1 amide bonds. The van der Waals surface area contributed by atoms with E-state index in [2.05, 4.69) is 5.32 Å². The maximum absolute atomic E-state index is 13.2. The van der Waals surface area contributed by atoms with Crippen molar-refractivity contribution in [1.82, 2.24) is 5.32 Å². The molecular weight excluding hydrogens is 439 g/mol. The summed E-state index contributed by atoms with van der Waals surface area (Å²) in [5.74, 6) is 0.668. The van der Waals surface area contributed by atoms with Gasteiger partial charge in [-0.15, -0.1) is 0 Å². The van der Waals surface area contributed by atoms with Crippen LogP contribution in [0, 0.1) is 5.82 Å². The molecule has 1 N–H and O–H groups in total. The largest absolute Gasteiger partial charge is 0.496 e. The van der Waals surface area contributed by atoms with Gasteiger partial charge in [0.1, 0.15) is 29.6 Å². The van der Waals surface area contributed by atoms with Crippen LogP contribution in [0.2, 0.25) is 0 Å². The molecule has 0 bridgehead atoms. The number of methoxy groups -OCH3 is 1. The molecule has 33 heavy (non-hydrogen) atoms. The smallest absolute Gasteiger partial charge is 0.281 e. The van der Waals surface area contributed by atoms with Crippen LogP contribution >= 0.6 is 12.2 Å². The highest BCUT2D eigenvalue weighted by atomic mass is 32.1. The first-order valence-electron chi connectivity index (χ1n) is 10.5. The molecule has 0 radical (unpaired) electrons. The fourth-order valence-corrected chi connectivity index (χ4v) is 3.93. The molecule has 4 rings (SSSR count). The van der Waals surface area contributed by atoms with Crippen LogP contribution in [0.3, 0.4) is 0 Å². The third-order valence-corrected chi connectivity index (χ3v) is 5.60. The van der Waals surface area contributed by atoms with Crippen molar-refractivity contribution in [2.24, 2.45) is 0 Å². The number of hydrogen-bond acceptors (Lipinski definition) is 4. The first-order valence-corrected chi connectivity index (χ1v) is 10.9. The summed E-state index contributed by atoms with van der Waals surface area (Å²) in [5, 5.41) is 3.38. The zero-order chi connectivity index (χ0) is 23.4. The average Bonchev–Trinajstić information content (AvgIpc) is 3.11. The van der Waals surface area contributed by atoms with E-state index in [0.29, 0.717) is 22.3 Å². The van der Waals surface area contributed by atoms with Crippen LogP contribution in [0.1, 0.15) is 23.6 Å². The molecule has 0 spiro atoms. The molecule has 3 aromatic carbocycles. The molecule has 7 heteroatoms. The number of halogens is 1. The van der Waals surface area contributed by atoms with Crippen LogP contribution in [-0.4, -0.2) is 18.1 Å². The standard InChI is InChI=1S/C26H23FN2O3S/c1-3-18-6-4-5-7-23(18)29-25(30)22(28-26(29)33)15-17-8-13-24(31-2)19(14-17)16-32-21-11-9-20(27)10-12-21/h4-15H,3,16H2,1-2H3,(H,28,33)/b22-15+. The zero-order valence-electron chi connectivity index (χ0n) is 18.3. The highest BCUT2D eigenvalue weighted by Crippen LogP contribution is 2.28. The third kappa shape index (κ3) is 4.88. The minimum absolute atomic E-state index is 0.208. The molecule has 5 nitrogen and oxygen atoms in total. The van der Waals surface area contributed by atoms with E-state index in [-0.39, 0.29) is 18.3 Å². The van der Waals surface area contributed by atoms with Gasteiger partial charge in [-0.05, 0) is 78.3 Å². The Kier molecular flexibility index (Phi) is 6.70. The van der Waals surface area contributed by atoms with Crippen molar-refractivity contribution in [1.29, 1.82) is 0 Å². The second-order valence-corrected chi connectivity index (χ2v) is 7.81. The van der Waals surface area contributed by atoms with Crippen LogP contribution in [0.15, 0.2) is 72.4 Å². The van der Waals surface area contributed by atoms with Crippen molar-refractivity contribution < 1.29 is 18.7 Å². The number of carbonyl (C=O) groups is 1. The molecule has 168 valence electrons. The van der Waals surface area contributed by atoms with E-state index >= 15 is 0 Å². The molecule has 0 unspecified atom stereocenters. The summed E-state index contributed by atoms with van der Waals surface area (Å²) in [4.78, 5) is 14.7. The number of aryl methyl sites for hydroxylation is 1. The molecule has 0 saturated carbocycles. The zero-order valence-corrected chi connectivity index (χ0v) is 19.1.